The molecular formula is C66H50N4O. The van der Waals surface area contributed by atoms with Gasteiger partial charge in [0.2, 0.25) is 0 Å². The molecule has 340 valence electrons. The number of aryl methyl sites for hydroxylation is 2. The van der Waals surface area contributed by atoms with Crippen LogP contribution in [0.4, 0.5) is 0 Å². The average Bonchev–Trinajstić information content (AvgIpc) is 3.92. The Morgan fingerprint density at radius 2 is 1.17 bits per heavy atom. The largest absolute Gasteiger partial charge is 0.458 e. The van der Waals surface area contributed by atoms with E-state index in [-0.39, 0.29) is 5.41 Å². The lowest BCUT2D eigenvalue weighted by molar-refractivity contribution is -0.572. The third kappa shape index (κ3) is 7.23. The van der Waals surface area contributed by atoms with Crippen LogP contribution in [0.15, 0.2) is 212 Å². The lowest BCUT2D eigenvalue weighted by Crippen LogP contribution is -2.29. The van der Waals surface area contributed by atoms with Crippen molar-refractivity contribution in [2.45, 2.75) is 40.0 Å². The van der Waals surface area contributed by atoms with E-state index in [1.165, 1.54) is 66.4 Å². The summed E-state index contributed by atoms with van der Waals surface area (Å²) in [4.78, 5) is 5.12. The smallest absolute Gasteiger partial charge is 0.269 e. The number of para-hydroxylation sites is 2. The second-order valence-corrected chi connectivity index (χ2v) is 20.0. The lowest BCUT2D eigenvalue weighted by atomic mass is 9.88. The third-order valence-electron chi connectivity index (χ3n) is 14.2. The van der Waals surface area contributed by atoms with Gasteiger partial charge in [0.05, 0.1) is 33.6 Å². The fraction of sp³-hybridized carbons (Fsp3) is 0.0909. The minimum absolute atomic E-state index is 0.0752. The van der Waals surface area contributed by atoms with Crippen LogP contribution in [0.25, 0.3) is 106 Å². The second-order valence-electron chi connectivity index (χ2n) is 20.0. The highest BCUT2D eigenvalue weighted by atomic mass is 16.5. The van der Waals surface area contributed by atoms with Gasteiger partial charge in [0.15, 0.2) is 0 Å². The van der Waals surface area contributed by atoms with Crippen molar-refractivity contribution in [1.82, 2.24) is 14.1 Å². The number of aromatic nitrogens is 4. The summed E-state index contributed by atoms with van der Waals surface area (Å²) >= 11 is 0. The Morgan fingerprint density at radius 3 is 1.90 bits per heavy atom. The number of rotatable bonds is 7. The highest BCUT2D eigenvalue weighted by molar-refractivity contribution is 6.19. The molecule has 0 atom stereocenters. The number of benzene rings is 9. The Kier molecular flexibility index (Phi) is 9.79. The fourth-order valence-electron chi connectivity index (χ4n) is 10.6. The van der Waals surface area contributed by atoms with Gasteiger partial charge >= 0.3 is 0 Å². The summed E-state index contributed by atoms with van der Waals surface area (Å²) in [5.74, 6) is 2.32. The number of hydrogen-bond donors (Lipinski definition) is 0. The molecule has 1 aliphatic rings. The quantitative estimate of drug-likeness (QED) is 0.118. The molecule has 0 aliphatic heterocycles. The van der Waals surface area contributed by atoms with Crippen LogP contribution >= 0.6 is 0 Å². The van der Waals surface area contributed by atoms with E-state index < -0.39 is 0 Å². The van der Waals surface area contributed by atoms with Crippen LogP contribution in [0.3, 0.4) is 0 Å². The van der Waals surface area contributed by atoms with Crippen molar-refractivity contribution in [2.75, 3.05) is 0 Å². The minimum atomic E-state index is -0.0752. The van der Waals surface area contributed by atoms with Gasteiger partial charge in [0.1, 0.15) is 17.3 Å². The molecule has 3 heterocycles. The molecule has 0 spiro atoms. The Balaban J connectivity index is 0.950. The van der Waals surface area contributed by atoms with Crippen LogP contribution in [0.2, 0.25) is 0 Å². The summed E-state index contributed by atoms with van der Waals surface area (Å²) in [6.45, 7) is 11.0. The van der Waals surface area contributed by atoms with Gasteiger partial charge in [0.25, 0.3) is 6.33 Å². The van der Waals surface area contributed by atoms with E-state index in [0.717, 1.165) is 67.4 Å². The van der Waals surface area contributed by atoms with Crippen molar-refractivity contribution in [3.8, 4) is 84.5 Å². The normalized spacial score (nSPS) is 12.0. The lowest BCUT2D eigenvalue weighted by Gasteiger charge is -2.21. The Hall–Kier alpha value is -8.80. The summed E-state index contributed by atoms with van der Waals surface area (Å²) in [6, 6.07) is 74.3. The van der Waals surface area contributed by atoms with E-state index in [4.69, 9.17) is 9.72 Å². The molecule has 9 aromatic carbocycles. The standard InChI is InChI=1S/C66H50N4O/c1-42-23-27-44(28-24-42)47-35-48(45-29-25-43(2)26-30-45)37-51(36-47)69-41-68(59-21-8-9-22-60(59)69)50-15-12-16-52(39-50)71-53-31-32-57-61(40-53)70(62-38-49(33-34-67-62)66(3,4)5)65-56-18-7-6-17-54(56)55-19-10-13-46-14-11-20-58(63(46)55)64(57)65/h6-40H,1-5H3. The first-order chi connectivity index (χ1) is 34.6. The second kappa shape index (κ2) is 16.4. The summed E-state index contributed by atoms with van der Waals surface area (Å²) in [5, 5.41) is 3.62. The zero-order chi connectivity index (χ0) is 48.0. The van der Waals surface area contributed by atoms with Gasteiger partial charge < -0.3 is 4.74 Å². The maximum Gasteiger partial charge on any atom is 0.269 e. The fourth-order valence-corrected chi connectivity index (χ4v) is 10.6. The maximum absolute atomic E-state index is 6.94. The molecule has 0 radical (unpaired) electrons. The predicted octanol–water partition coefficient (Wildman–Crippen LogP) is 16.6. The van der Waals surface area contributed by atoms with Gasteiger partial charge in [0, 0.05) is 28.8 Å². The molecule has 1 aliphatic carbocycles. The highest BCUT2D eigenvalue weighted by Gasteiger charge is 2.29. The molecule has 0 unspecified atom stereocenters. The van der Waals surface area contributed by atoms with Crippen molar-refractivity contribution >= 4 is 32.7 Å². The van der Waals surface area contributed by atoms with E-state index in [1.807, 2.05) is 12.3 Å². The molecule has 0 fully saturated rings. The van der Waals surface area contributed by atoms with Crippen molar-refractivity contribution < 1.29 is 9.30 Å². The van der Waals surface area contributed by atoms with E-state index in [2.05, 4.69) is 255 Å². The summed E-state index contributed by atoms with van der Waals surface area (Å²) < 4.78 is 13.6. The van der Waals surface area contributed by atoms with Crippen LogP contribution in [0, 0.1) is 20.2 Å². The molecule has 5 nitrogen and oxygen atoms in total. The number of imidazole rings is 1. The zero-order valence-corrected chi connectivity index (χ0v) is 40.4. The number of fused-ring (bicyclic) bond motifs is 8. The molecule has 71 heavy (non-hydrogen) atoms. The molecule has 0 bridgehead atoms. The number of ether oxygens (including phenoxy) is 1. The molecular weight excluding hydrogens is 865 g/mol. The first-order valence-electron chi connectivity index (χ1n) is 24.4. The van der Waals surface area contributed by atoms with Gasteiger partial charge in [-0.15, -0.1) is 0 Å². The van der Waals surface area contributed by atoms with E-state index >= 15 is 0 Å². The number of nitrogens with zero attached hydrogens (tertiary/aromatic N) is 4. The Morgan fingerprint density at radius 1 is 0.521 bits per heavy atom. The van der Waals surface area contributed by atoms with Gasteiger partial charge in [-0.05, 0) is 135 Å². The van der Waals surface area contributed by atoms with Crippen LogP contribution in [-0.4, -0.2) is 14.1 Å². The topological polar surface area (TPSA) is 35.9 Å². The van der Waals surface area contributed by atoms with Crippen molar-refractivity contribution in [2.24, 2.45) is 0 Å². The van der Waals surface area contributed by atoms with E-state index in [1.54, 1.807) is 0 Å². The number of hydrogen-bond acceptors (Lipinski definition) is 2. The summed E-state index contributed by atoms with van der Waals surface area (Å²) in [7, 11) is 0. The SMILES string of the molecule is Cc1ccc(-c2cc(-c3ccc(C)cc3)cc(-[n+]3[c-]n(-c4cccc(Oc5ccc6c7c(n(-c8cc(C(C)(C)C)ccn8)c6c5)-c5ccccc5-c5cccc6cccc-7c56)c4)c4ccccc43)c2)cc1. The predicted molar refractivity (Wildman–Crippen MR) is 291 cm³/mol. The monoisotopic (exact) mass is 914 g/mol. The van der Waals surface area contributed by atoms with Crippen molar-refractivity contribution in [1.29, 1.82) is 0 Å². The highest BCUT2D eigenvalue weighted by Crippen LogP contribution is 2.52. The van der Waals surface area contributed by atoms with Gasteiger partial charge in [-0.2, -0.15) is 0 Å². The van der Waals surface area contributed by atoms with Crippen molar-refractivity contribution in [3.63, 3.8) is 0 Å². The zero-order valence-electron chi connectivity index (χ0n) is 40.4. The van der Waals surface area contributed by atoms with E-state index in [0.29, 0.717) is 0 Å². The Bertz CT molecular complexity index is 4000. The molecule has 12 aromatic rings. The molecule has 5 heteroatoms. The van der Waals surface area contributed by atoms with Crippen LogP contribution < -0.4 is 9.30 Å². The van der Waals surface area contributed by atoms with Crippen LogP contribution in [0.5, 0.6) is 11.5 Å². The average molecular weight is 915 g/mol. The summed E-state index contributed by atoms with van der Waals surface area (Å²) in [6.07, 6.45) is 5.73. The first-order valence-corrected chi connectivity index (χ1v) is 24.4. The van der Waals surface area contributed by atoms with Gasteiger partial charge in [-0.25, -0.2) is 4.98 Å². The minimum Gasteiger partial charge on any atom is -0.458 e. The van der Waals surface area contributed by atoms with Crippen LogP contribution in [0.1, 0.15) is 37.5 Å². The van der Waals surface area contributed by atoms with Gasteiger partial charge in [-0.1, -0.05) is 171 Å². The molecule has 0 saturated carbocycles. The summed E-state index contributed by atoms with van der Waals surface area (Å²) in [5.41, 5.74) is 20.5. The molecule has 13 rings (SSSR count). The van der Waals surface area contributed by atoms with E-state index in [9.17, 15) is 0 Å². The Labute approximate surface area is 414 Å². The van der Waals surface area contributed by atoms with Gasteiger partial charge in [-0.3, -0.25) is 13.7 Å². The maximum atomic E-state index is 6.94. The first kappa shape index (κ1) is 42.3. The molecule has 0 saturated heterocycles. The molecule has 0 N–H and O–H groups in total. The molecule has 3 aromatic heterocycles. The van der Waals surface area contributed by atoms with Crippen molar-refractivity contribution in [3.05, 3.63) is 235 Å². The van der Waals surface area contributed by atoms with Crippen LogP contribution in [-0.2, 0) is 5.41 Å². The number of pyridine rings is 1. The molecule has 0 amide bonds. The third-order valence-corrected chi connectivity index (χ3v) is 14.2.